The van der Waals surface area contributed by atoms with Gasteiger partial charge in [0, 0.05) is 38.3 Å². The van der Waals surface area contributed by atoms with E-state index in [1.807, 2.05) is 38.1 Å². The van der Waals surface area contributed by atoms with Gasteiger partial charge in [-0.3, -0.25) is 0 Å². The van der Waals surface area contributed by atoms with Crippen molar-refractivity contribution in [2.45, 2.75) is 45.3 Å². The van der Waals surface area contributed by atoms with E-state index in [0.717, 1.165) is 28.9 Å². The van der Waals surface area contributed by atoms with Crippen LogP contribution in [-0.4, -0.2) is 79.2 Å². The number of carbonyl (C=O) groups is 1. The summed E-state index contributed by atoms with van der Waals surface area (Å²) in [6, 6.07) is 8.98. The number of urea groups is 1. The lowest BCUT2D eigenvalue weighted by Crippen LogP contribution is -2.37. The van der Waals surface area contributed by atoms with Crippen LogP contribution in [0.2, 0.25) is 0 Å². The molecule has 2 aliphatic heterocycles. The van der Waals surface area contributed by atoms with Crippen LogP contribution in [0.3, 0.4) is 0 Å². The van der Waals surface area contributed by atoms with Gasteiger partial charge in [0.1, 0.15) is 11.6 Å². The predicted molar refractivity (Wildman–Crippen MR) is 142 cm³/mol. The number of ether oxygens (including phenoxy) is 1. The van der Waals surface area contributed by atoms with Gasteiger partial charge in [0.2, 0.25) is 0 Å². The van der Waals surface area contributed by atoms with E-state index in [0.29, 0.717) is 50.8 Å². The topological polar surface area (TPSA) is 90.0 Å². The van der Waals surface area contributed by atoms with Crippen LogP contribution in [0.1, 0.15) is 31.7 Å². The molecule has 2 amide bonds. The van der Waals surface area contributed by atoms with Gasteiger partial charge in [-0.05, 0) is 66.6 Å². The molecule has 11 heteroatoms. The van der Waals surface area contributed by atoms with Gasteiger partial charge in [-0.1, -0.05) is 13.0 Å². The molecular formula is C27H36F3N5O3. The van der Waals surface area contributed by atoms with E-state index in [1.54, 1.807) is 6.07 Å². The first kappa shape index (κ1) is 28.0. The molecule has 0 bridgehead atoms. The standard InChI is InChI=1S/C27H36F3N5O3/c1-3-21(17-36)31-24-12-20(13-25(33-24)34-8-10-38-11-9-34)23-14-22(5-4-18(23)2)32-26(37)35-7-6-19(16-35)15-27(28,29)30/h4-5,12-14,19,21,36H,3,6-11,15-17H2,1-2H3,(H,31,33)(H,32,37). The molecule has 3 N–H and O–H groups in total. The Morgan fingerprint density at radius 2 is 1.97 bits per heavy atom. The minimum absolute atomic E-state index is 0.0177. The maximum Gasteiger partial charge on any atom is 0.389 e. The fourth-order valence-electron chi connectivity index (χ4n) is 4.91. The summed E-state index contributed by atoms with van der Waals surface area (Å²) in [6.07, 6.45) is -4.02. The van der Waals surface area contributed by atoms with Crippen molar-refractivity contribution in [3.05, 3.63) is 35.9 Å². The van der Waals surface area contributed by atoms with E-state index in [1.165, 1.54) is 4.90 Å². The van der Waals surface area contributed by atoms with Crippen molar-refractivity contribution in [1.82, 2.24) is 9.88 Å². The highest BCUT2D eigenvalue weighted by Crippen LogP contribution is 2.33. The molecule has 4 rings (SSSR count). The number of aliphatic hydroxyl groups excluding tert-OH is 1. The second-order valence-corrected chi connectivity index (χ2v) is 10.0. The maximum absolute atomic E-state index is 12.8. The second kappa shape index (κ2) is 12.2. The first-order chi connectivity index (χ1) is 18.1. The van der Waals surface area contributed by atoms with E-state index >= 15 is 0 Å². The highest BCUT2D eigenvalue weighted by atomic mass is 19.4. The number of morpholine rings is 1. The summed E-state index contributed by atoms with van der Waals surface area (Å²) in [5, 5.41) is 15.9. The Labute approximate surface area is 221 Å². The molecule has 0 radical (unpaired) electrons. The fraction of sp³-hybridized carbons (Fsp3) is 0.556. The molecule has 0 aliphatic carbocycles. The summed E-state index contributed by atoms with van der Waals surface area (Å²) in [7, 11) is 0. The molecule has 3 heterocycles. The quantitative estimate of drug-likeness (QED) is 0.446. The lowest BCUT2D eigenvalue weighted by atomic mass is 10.00. The Kier molecular flexibility index (Phi) is 8.99. The third-order valence-electron chi connectivity index (χ3n) is 7.11. The summed E-state index contributed by atoms with van der Waals surface area (Å²) in [6.45, 7) is 7.01. The van der Waals surface area contributed by atoms with Crippen LogP contribution < -0.4 is 15.5 Å². The monoisotopic (exact) mass is 535 g/mol. The smallest absolute Gasteiger partial charge is 0.389 e. The van der Waals surface area contributed by atoms with E-state index < -0.39 is 24.5 Å². The van der Waals surface area contributed by atoms with Crippen LogP contribution in [0.4, 0.5) is 35.3 Å². The number of carbonyl (C=O) groups excluding carboxylic acids is 1. The van der Waals surface area contributed by atoms with Crippen molar-refractivity contribution in [1.29, 1.82) is 0 Å². The van der Waals surface area contributed by atoms with Gasteiger partial charge in [-0.25, -0.2) is 9.78 Å². The Hall–Kier alpha value is -3.05. The van der Waals surface area contributed by atoms with Gasteiger partial charge in [0.05, 0.1) is 25.9 Å². The Morgan fingerprint density at radius 1 is 1.21 bits per heavy atom. The number of alkyl halides is 3. The summed E-state index contributed by atoms with van der Waals surface area (Å²) in [5.74, 6) is 0.871. The van der Waals surface area contributed by atoms with Crippen molar-refractivity contribution in [2.24, 2.45) is 5.92 Å². The number of halogens is 3. The maximum atomic E-state index is 12.8. The molecule has 208 valence electrons. The zero-order valence-corrected chi connectivity index (χ0v) is 21.9. The number of benzene rings is 1. The Bertz CT molecular complexity index is 1100. The minimum atomic E-state index is -4.23. The Balaban J connectivity index is 1.56. The van der Waals surface area contributed by atoms with Crippen molar-refractivity contribution >= 4 is 23.4 Å². The fourth-order valence-corrected chi connectivity index (χ4v) is 4.91. The van der Waals surface area contributed by atoms with Gasteiger partial charge >= 0.3 is 12.2 Å². The molecule has 2 saturated heterocycles. The average Bonchev–Trinajstić information content (AvgIpc) is 3.35. The highest BCUT2D eigenvalue weighted by molar-refractivity contribution is 5.91. The second-order valence-electron chi connectivity index (χ2n) is 10.0. The largest absolute Gasteiger partial charge is 0.394 e. The number of pyridine rings is 1. The molecule has 2 aliphatic rings. The number of rotatable bonds is 8. The van der Waals surface area contributed by atoms with Crippen molar-refractivity contribution in [3.8, 4) is 11.1 Å². The van der Waals surface area contributed by atoms with Crippen molar-refractivity contribution < 1.29 is 27.8 Å². The third kappa shape index (κ3) is 7.28. The zero-order valence-electron chi connectivity index (χ0n) is 21.9. The number of aryl methyl sites for hydroxylation is 1. The number of hydrogen-bond donors (Lipinski definition) is 3. The van der Waals surface area contributed by atoms with E-state index in [9.17, 15) is 23.1 Å². The molecule has 1 aromatic heterocycles. The van der Waals surface area contributed by atoms with Gasteiger partial charge in [0.25, 0.3) is 0 Å². The van der Waals surface area contributed by atoms with Gasteiger partial charge in [0.15, 0.2) is 0 Å². The summed E-state index contributed by atoms with van der Waals surface area (Å²) < 4.78 is 43.8. The van der Waals surface area contributed by atoms with Crippen molar-refractivity contribution in [2.75, 3.05) is 61.5 Å². The van der Waals surface area contributed by atoms with E-state index in [2.05, 4.69) is 15.5 Å². The third-order valence-corrected chi connectivity index (χ3v) is 7.11. The van der Waals surface area contributed by atoms with Gasteiger partial charge < -0.3 is 30.3 Å². The number of aromatic nitrogens is 1. The number of likely N-dealkylation sites (tertiary alicyclic amines) is 1. The molecule has 0 spiro atoms. The van der Waals surface area contributed by atoms with Crippen LogP contribution in [0.5, 0.6) is 0 Å². The SMILES string of the molecule is CCC(CO)Nc1cc(-c2cc(NC(=O)N3CCC(CC(F)(F)F)C3)ccc2C)cc(N2CCOCC2)n1. The zero-order chi connectivity index (χ0) is 27.3. The van der Waals surface area contributed by atoms with Crippen LogP contribution >= 0.6 is 0 Å². The molecule has 2 unspecified atom stereocenters. The molecule has 1 aromatic carbocycles. The van der Waals surface area contributed by atoms with Crippen LogP contribution in [0, 0.1) is 12.8 Å². The lowest BCUT2D eigenvalue weighted by Gasteiger charge is -2.29. The van der Waals surface area contributed by atoms with Crippen molar-refractivity contribution in [3.63, 3.8) is 0 Å². The van der Waals surface area contributed by atoms with Gasteiger partial charge in [-0.2, -0.15) is 13.2 Å². The Morgan fingerprint density at radius 3 is 2.66 bits per heavy atom. The highest BCUT2D eigenvalue weighted by Gasteiger charge is 2.36. The molecule has 38 heavy (non-hydrogen) atoms. The molecule has 2 fully saturated rings. The average molecular weight is 536 g/mol. The molecule has 8 nitrogen and oxygen atoms in total. The molecule has 2 aromatic rings. The van der Waals surface area contributed by atoms with E-state index in [-0.39, 0.29) is 19.2 Å². The number of anilines is 3. The van der Waals surface area contributed by atoms with Crippen LogP contribution in [0.15, 0.2) is 30.3 Å². The van der Waals surface area contributed by atoms with E-state index in [4.69, 9.17) is 9.72 Å². The summed E-state index contributed by atoms with van der Waals surface area (Å²) >= 11 is 0. The number of nitrogens with one attached hydrogen (secondary N) is 2. The normalized spacial score (nSPS) is 18.9. The molecule has 2 atom stereocenters. The number of hydrogen-bond acceptors (Lipinski definition) is 6. The number of nitrogens with zero attached hydrogens (tertiary/aromatic N) is 3. The van der Waals surface area contributed by atoms with Crippen LogP contribution in [-0.2, 0) is 4.74 Å². The summed E-state index contributed by atoms with van der Waals surface area (Å²) in [4.78, 5) is 21.2. The van der Waals surface area contributed by atoms with Crippen LogP contribution in [0.25, 0.3) is 11.1 Å². The first-order valence-electron chi connectivity index (χ1n) is 13.1. The molecular weight excluding hydrogens is 499 g/mol. The lowest BCUT2D eigenvalue weighted by molar-refractivity contribution is -0.143. The van der Waals surface area contributed by atoms with Gasteiger partial charge in [-0.15, -0.1) is 0 Å². The minimum Gasteiger partial charge on any atom is -0.394 e. The summed E-state index contributed by atoms with van der Waals surface area (Å²) in [5.41, 5.74) is 3.36. The number of aliphatic hydroxyl groups is 1. The first-order valence-corrected chi connectivity index (χ1v) is 13.1. The molecule has 0 saturated carbocycles. The number of amides is 2. The predicted octanol–water partition coefficient (Wildman–Crippen LogP) is 4.88.